The van der Waals surface area contributed by atoms with Crippen LogP contribution in [0.4, 0.5) is 5.69 Å². The molecule has 0 aliphatic carbocycles. The Labute approximate surface area is 150 Å². The molecule has 0 fully saturated rings. The number of ether oxygens (including phenoxy) is 1. The van der Waals surface area contributed by atoms with Gasteiger partial charge >= 0.3 is 0 Å². The van der Waals surface area contributed by atoms with Crippen LogP contribution in [0.2, 0.25) is 0 Å². The second kappa shape index (κ2) is 6.93. The zero-order valence-corrected chi connectivity index (χ0v) is 14.0. The van der Waals surface area contributed by atoms with Gasteiger partial charge in [-0.1, -0.05) is 0 Å². The molecule has 0 radical (unpaired) electrons. The number of anilines is 1. The lowest BCUT2D eigenvalue weighted by molar-refractivity contribution is 0.282. The second-order valence-electron chi connectivity index (χ2n) is 6.11. The first-order chi connectivity index (χ1) is 12.7. The van der Waals surface area contributed by atoms with Crippen molar-refractivity contribution in [1.29, 1.82) is 0 Å². The van der Waals surface area contributed by atoms with Gasteiger partial charge in [0.1, 0.15) is 11.5 Å². The number of oxazole rings is 1. The van der Waals surface area contributed by atoms with Crippen LogP contribution in [0.3, 0.4) is 0 Å². The maximum Gasteiger partial charge on any atom is 0.181 e. The SMILES string of the molecule is OCc1cc(NCC2=COc3ccc(O)cc3C2)ccc1-c1cnco1. The molecule has 0 saturated heterocycles. The summed E-state index contributed by atoms with van der Waals surface area (Å²) in [4.78, 5) is 3.92. The van der Waals surface area contributed by atoms with Crippen molar-refractivity contribution < 1.29 is 19.4 Å². The Morgan fingerprint density at radius 1 is 1.15 bits per heavy atom. The fourth-order valence-corrected chi connectivity index (χ4v) is 3.00. The summed E-state index contributed by atoms with van der Waals surface area (Å²) < 4.78 is 10.9. The third-order valence-electron chi connectivity index (χ3n) is 4.31. The van der Waals surface area contributed by atoms with E-state index in [-0.39, 0.29) is 12.4 Å². The number of rotatable bonds is 5. The van der Waals surface area contributed by atoms with Crippen LogP contribution in [-0.4, -0.2) is 21.7 Å². The van der Waals surface area contributed by atoms with Crippen molar-refractivity contribution in [2.45, 2.75) is 13.0 Å². The highest BCUT2D eigenvalue weighted by Gasteiger charge is 2.14. The van der Waals surface area contributed by atoms with Crippen molar-refractivity contribution in [1.82, 2.24) is 4.98 Å². The van der Waals surface area contributed by atoms with Gasteiger partial charge in [-0.25, -0.2) is 4.98 Å². The largest absolute Gasteiger partial charge is 0.508 e. The van der Waals surface area contributed by atoms with Crippen LogP contribution in [0, 0.1) is 0 Å². The molecule has 0 amide bonds. The molecule has 1 aliphatic rings. The minimum Gasteiger partial charge on any atom is -0.508 e. The molecule has 4 rings (SSSR count). The number of phenols is 1. The third-order valence-corrected chi connectivity index (χ3v) is 4.31. The molecule has 0 atom stereocenters. The molecule has 2 aromatic carbocycles. The highest BCUT2D eigenvalue weighted by Crippen LogP contribution is 2.30. The van der Waals surface area contributed by atoms with Crippen LogP contribution in [0.1, 0.15) is 11.1 Å². The van der Waals surface area contributed by atoms with Gasteiger partial charge in [0.25, 0.3) is 0 Å². The van der Waals surface area contributed by atoms with Gasteiger partial charge in [0, 0.05) is 29.8 Å². The summed E-state index contributed by atoms with van der Waals surface area (Å²) in [5, 5.41) is 22.6. The van der Waals surface area contributed by atoms with Crippen LogP contribution in [0.15, 0.2) is 65.2 Å². The molecule has 6 heteroatoms. The van der Waals surface area contributed by atoms with Crippen molar-refractivity contribution in [3.63, 3.8) is 0 Å². The lowest BCUT2D eigenvalue weighted by Gasteiger charge is -2.18. The number of aromatic nitrogens is 1. The van der Waals surface area contributed by atoms with E-state index in [9.17, 15) is 10.2 Å². The van der Waals surface area contributed by atoms with E-state index < -0.39 is 0 Å². The zero-order chi connectivity index (χ0) is 17.9. The number of phenolic OH excluding ortho intramolecular Hbond substituents is 1. The van der Waals surface area contributed by atoms with Crippen molar-refractivity contribution in [3.8, 4) is 22.8 Å². The maximum atomic E-state index is 9.65. The summed E-state index contributed by atoms with van der Waals surface area (Å²) in [5.74, 6) is 1.63. The standard InChI is InChI=1S/C20H18N2O4/c23-10-15-6-16(1-3-18(15)20-9-21-12-26-20)22-8-13-5-14-7-17(24)2-4-19(14)25-11-13/h1-4,6-7,9,11-12,22-24H,5,8,10H2. The number of fused-ring (bicyclic) bond motifs is 1. The van der Waals surface area contributed by atoms with E-state index >= 15 is 0 Å². The fraction of sp³-hybridized carbons (Fsp3) is 0.150. The summed E-state index contributed by atoms with van der Waals surface area (Å²) in [7, 11) is 0. The van der Waals surface area contributed by atoms with Gasteiger partial charge in [0.05, 0.1) is 19.1 Å². The number of benzene rings is 2. The van der Waals surface area contributed by atoms with E-state index in [2.05, 4.69) is 10.3 Å². The Balaban J connectivity index is 1.46. The molecular weight excluding hydrogens is 332 g/mol. The smallest absolute Gasteiger partial charge is 0.181 e. The number of aliphatic hydroxyl groups excluding tert-OH is 1. The van der Waals surface area contributed by atoms with Gasteiger partial charge in [-0.15, -0.1) is 0 Å². The normalized spacial score (nSPS) is 12.9. The maximum absolute atomic E-state index is 9.65. The van der Waals surface area contributed by atoms with Crippen molar-refractivity contribution >= 4 is 5.69 Å². The summed E-state index contributed by atoms with van der Waals surface area (Å²) in [6.07, 6.45) is 5.44. The van der Waals surface area contributed by atoms with Gasteiger partial charge in [-0.2, -0.15) is 0 Å². The van der Waals surface area contributed by atoms with Crippen LogP contribution in [-0.2, 0) is 13.0 Å². The molecule has 0 spiro atoms. The predicted octanol–water partition coefficient (Wildman–Crippen LogP) is 3.47. The molecule has 3 N–H and O–H groups in total. The summed E-state index contributed by atoms with van der Waals surface area (Å²) in [6, 6.07) is 10.8. The highest BCUT2D eigenvalue weighted by molar-refractivity contribution is 5.65. The molecule has 0 unspecified atom stereocenters. The highest BCUT2D eigenvalue weighted by atomic mass is 16.5. The topological polar surface area (TPSA) is 87.8 Å². The molecule has 26 heavy (non-hydrogen) atoms. The van der Waals surface area contributed by atoms with E-state index in [0.717, 1.165) is 33.7 Å². The molecule has 3 aromatic rings. The molecular formula is C20H18N2O4. The van der Waals surface area contributed by atoms with E-state index in [1.54, 1.807) is 30.7 Å². The lowest BCUT2D eigenvalue weighted by atomic mass is 10.0. The van der Waals surface area contributed by atoms with E-state index in [1.807, 2.05) is 18.2 Å². The first-order valence-corrected chi connectivity index (χ1v) is 8.26. The van der Waals surface area contributed by atoms with E-state index in [4.69, 9.17) is 9.15 Å². The minimum absolute atomic E-state index is 0.0932. The number of aromatic hydroxyl groups is 1. The first-order valence-electron chi connectivity index (χ1n) is 8.26. The molecule has 0 bridgehead atoms. The van der Waals surface area contributed by atoms with Gasteiger partial charge in [-0.3, -0.25) is 0 Å². The average Bonchev–Trinajstić information content (AvgIpc) is 3.20. The molecule has 6 nitrogen and oxygen atoms in total. The Kier molecular flexibility index (Phi) is 4.33. The molecule has 1 aromatic heterocycles. The molecule has 1 aliphatic heterocycles. The number of nitrogens with zero attached hydrogens (tertiary/aromatic N) is 1. The monoisotopic (exact) mass is 350 g/mol. The number of aliphatic hydroxyl groups is 1. The Morgan fingerprint density at radius 3 is 2.88 bits per heavy atom. The summed E-state index contributed by atoms with van der Waals surface area (Å²) >= 11 is 0. The summed E-state index contributed by atoms with van der Waals surface area (Å²) in [5.41, 5.74) is 4.49. The quantitative estimate of drug-likeness (QED) is 0.653. The third kappa shape index (κ3) is 3.27. The molecule has 132 valence electrons. The van der Waals surface area contributed by atoms with Gasteiger partial charge in [0.2, 0.25) is 0 Å². The Morgan fingerprint density at radius 2 is 2.08 bits per heavy atom. The van der Waals surface area contributed by atoms with Crippen LogP contribution >= 0.6 is 0 Å². The lowest BCUT2D eigenvalue weighted by Crippen LogP contribution is -2.12. The fourth-order valence-electron chi connectivity index (χ4n) is 3.00. The van der Waals surface area contributed by atoms with Crippen LogP contribution < -0.4 is 10.1 Å². The predicted molar refractivity (Wildman–Crippen MR) is 96.9 cm³/mol. The zero-order valence-electron chi connectivity index (χ0n) is 14.0. The average molecular weight is 350 g/mol. The van der Waals surface area contributed by atoms with Gasteiger partial charge < -0.3 is 24.7 Å². The number of hydrogen-bond acceptors (Lipinski definition) is 6. The van der Waals surface area contributed by atoms with Gasteiger partial charge in [0.15, 0.2) is 12.2 Å². The Hall–Kier alpha value is -3.25. The molecule has 2 heterocycles. The van der Waals surface area contributed by atoms with Crippen molar-refractivity contribution in [2.75, 3.05) is 11.9 Å². The van der Waals surface area contributed by atoms with E-state index in [1.165, 1.54) is 6.39 Å². The summed E-state index contributed by atoms with van der Waals surface area (Å²) in [6.45, 7) is 0.506. The van der Waals surface area contributed by atoms with E-state index in [0.29, 0.717) is 18.7 Å². The number of nitrogens with one attached hydrogen (secondary N) is 1. The van der Waals surface area contributed by atoms with Crippen LogP contribution in [0.25, 0.3) is 11.3 Å². The molecule has 0 saturated carbocycles. The second-order valence-corrected chi connectivity index (χ2v) is 6.11. The van der Waals surface area contributed by atoms with Crippen molar-refractivity contribution in [3.05, 3.63) is 72.0 Å². The minimum atomic E-state index is -0.0932. The van der Waals surface area contributed by atoms with Crippen molar-refractivity contribution in [2.24, 2.45) is 0 Å². The van der Waals surface area contributed by atoms with Gasteiger partial charge in [-0.05, 0) is 47.5 Å². The van der Waals surface area contributed by atoms with Crippen LogP contribution in [0.5, 0.6) is 11.5 Å². The first kappa shape index (κ1) is 16.2. The Bertz CT molecular complexity index is 948. The number of hydrogen-bond donors (Lipinski definition) is 3.